The van der Waals surface area contributed by atoms with Gasteiger partial charge in [0.25, 0.3) is 0 Å². The van der Waals surface area contributed by atoms with E-state index in [1.54, 1.807) is 6.07 Å². The van der Waals surface area contributed by atoms with E-state index >= 15 is 0 Å². The molecule has 1 aromatic carbocycles. The van der Waals surface area contributed by atoms with Crippen LogP contribution in [0.25, 0.3) is 11.0 Å². The molecule has 2 aromatic rings. The third-order valence-corrected chi connectivity index (χ3v) is 2.05. The zero-order chi connectivity index (χ0) is 10.7. The third kappa shape index (κ3) is 1.99. The van der Waals surface area contributed by atoms with Gasteiger partial charge in [-0.1, -0.05) is 19.1 Å². The second-order valence-electron chi connectivity index (χ2n) is 3.13. The molecule has 1 aromatic heterocycles. The average Bonchev–Trinajstić information content (AvgIpc) is 2.25. The summed E-state index contributed by atoms with van der Waals surface area (Å²) in [6, 6.07) is 8.85. The number of rotatable bonds is 3. The number of benzene rings is 1. The minimum absolute atomic E-state index is 0.353. The molecule has 15 heavy (non-hydrogen) atoms. The predicted octanol–water partition coefficient (Wildman–Crippen LogP) is 1.73. The fraction of sp³-hybridized carbons (Fsp3) is 0.182. The van der Waals surface area contributed by atoms with Crippen LogP contribution in [0.15, 0.2) is 39.5 Å². The molecule has 2 rings (SSSR count). The fourth-order valence-corrected chi connectivity index (χ4v) is 1.40. The molecule has 1 heterocycles. The van der Waals surface area contributed by atoms with Crippen molar-refractivity contribution >= 4 is 16.7 Å². The van der Waals surface area contributed by atoms with E-state index in [0.29, 0.717) is 5.58 Å². The Bertz CT molecular complexity index is 519. The Kier molecular flexibility index (Phi) is 2.69. The van der Waals surface area contributed by atoms with E-state index in [0.717, 1.165) is 17.6 Å². The Morgan fingerprint density at radius 1 is 1.33 bits per heavy atom. The Morgan fingerprint density at radius 2 is 2.13 bits per heavy atom. The number of fused-ring (bicyclic) bond motifs is 1. The molecule has 78 valence electrons. The van der Waals surface area contributed by atoms with Gasteiger partial charge in [-0.15, -0.1) is 0 Å². The molecule has 0 amide bonds. The number of hydrogen-bond donors (Lipinski definition) is 2. The summed E-state index contributed by atoms with van der Waals surface area (Å²) in [6.45, 7) is 2.75. The average molecular weight is 204 g/mol. The highest BCUT2D eigenvalue weighted by Crippen LogP contribution is 2.19. The first-order valence-electron chi connectivity index (χ1n) is 4.83. The molecule has 0 aliphatic rings. The van der Waals surface area contributed by atoms with Crippen molar-refractivity contribution in [2.45, 2.75) is 6.92 Å². The van der Waals surface area contributed by atoms with Crippen LogP contribution in [-0.2, 0) is 0 Å². The van der Waals surface area contributed by atoms with Crippen molar-refractivity contribution in [1.82, 2.24) is 5.43 Å². The third-order valence-electron chi connectivity index (χ3n) is 2.05. The molecule has 0 bridgehead atoms. The maximum atomic E-state index is 11.2. The first-order chi connectivity index (χ1) is 7.31. The van der Waals surface area contributed by atoms with Crippen LogP contribution in [0.3, 0.4) is 0 Å². The first-order valence-corrected chi connectivity index (χ1v) is 4.83. The second-order valence-corrected chi connectivity index (χ2v) is 3.13. The summed E-state index contributed by atoms with van der Waals surface area (Å²) in [4.78, 5) is 11.2. The molecule has 0 atom stereocenters. The quantitative estimate of drug-likeness (QED) is 0.590. The van der Waals surface area contributed by atoms with E-state index in [1.165, 1.54) is 6.07 Å². The normalized spacial score (nSPS) is 10.5. The van der Waals surface area contributed by atoms with Gasteiger partial charge in [-0.25, -0.2) is 10.2 Å². The standard InChI is InChI=1S/C11H12N2O2/c1-2-12-13-9-7-11(14)15-10-6-4-3-5-8(9)10/h3-7,12-13H,2H2,1H3. The van der Waals surface area contributed by atoms with Crippen LogP contribution in [0, 0.1) is 0 Å². The molecule has 0 saturated heterocycles. The molecule has 4 heteroatoms. The van der Waals surface area contributed by atoms with Gasteiger partial charge in [0.1, 0.15) is 5.58 Å². The van der Waals surface area contributed by atoms with E-state index in [1.807, 2.05) is 25.1 Å². The van der Waals surface area contributed by atoms with Crippen molar-refractivity contribution in [3.8, 4) is 0 Å². The van der Waals surface area contributed by atoms with E-state index in [9.17, 15) is 4.79 Å². The van der Waals surface area contributed by atoms with Crippen LogP contribution >= 0.6 is 0 Å². The molecule has 0 fully saturated rings. The van der Waals surface area contributed by atoms with Gasteiger partial charge in [0.2, 0.25) is 0 Å². The molecule has 0 aliphatic carbocycles. The van der Waals surface area contributed by atoms with Gasteiger partial charge < -0.3 is 9.84 Å². The lowest BCUT2D eigenvalue weighted by atomic mass is 10.2. The zero-order valence-electron chi connectivity index (χ0n) is 8.41. The summed E-state index contributed by atoms with van der Waals surface area (Å²) < 4.78 is 5.06. The molecule has 2 N–H and O–H groups in total. The van der Waals surface area contributed by atoms with Crippen LogP contribution in [-0.4, -0.2) is 6.54 Å². The number of hydrazine groups is 1. The van der Waals surface area contributed by atoms with Crippen LogP contribution in [0.4, 0.5) is 5.69 Å². The second kappa shape index (κ2) is 4.14. The maximum absolute atomic E-state index is 11.2. The lowest BCUT2D eigenvalue weighted by Crippen LogP contribution is -2.21. The molecule has 0 radical (unpaired) electrons. The summed E-state index contributed by atoms with van der Waals surface area (Å²) >= 11 is 0. The molecule has 0 spiro atoms. The summed E-state index contributed by atoms with van der Waals surface area (Å²) in [6.07, 6.45) is 0. The Labute approximate surface area is 86.9 Å². The summed E-state index contributed by atoms with van der Waals surface area (Å²) in [5.41, 5.74) is 6.90. The lowest BCUT2D eigenvalue weighted by molar-refractivity contribution is 0.561. The fourth-order valence-electron chi connectivity index (χ4n) is 1.40. The van der Waals surface area contributed by atoms with Crippen LogP contribution in [0.5, 0.6) is 0 Å². The molecular weight excluding hydrogens is 192 g/mol. The van der Waals surface area contributed by atoms with Gasteiger partial charge in [0.15, 0.2) is 0 Å². The van der Waals surface area contributed by atoms with Crippen molar-refractivity contribution in [2.75, 3.05) is 12.0 Å². The predicted molar refractivity (Wildman–Crippen MR) is 59.8 cm³/mol. The van der Waals surface area contributed by atoms with Crippen LogP contribution in [0.1, 0.15) is 6.92 Å². The van der Waals surface area contributed by atoms with Gasteiger partial charge in [-0.3, -0.25) is 0 Å². The lowest BCUT2D eigenvalue weighted by Gasteiger charge is -2.07. The van der Waals surface area contributed by atoms with Gasteiger partial charge in [0.05, 0.1) is 5.69 Å². The molecule has 0 unspecified atom stereocenters. The van der Waals surface area contributed by atoms with Crippen molar-refractivity contribution in [1.29, 1.82) is 0 Å². The van der Waals surface area contributed by atoms with Crippen LogP contribution in [0.2, 0.25) is 0 Å². The van der Waals surface area contributed by atoms with Crippen LogP contribution < -0.4 is 16.5 Å². The number of hydrogen-bond acceptors (Lipinski definition) is 4. The largest absolute Gasteiger partial charge is 0.423 e. The van der Waals surface area contributed by atoms with Gasteiger partial charge in [0, 0.05) is 18.0 Å². The van der Waals surface area contributed by atoms with Crippen molar-refractivity contribution < 1.29 is 4.42 Å². The van der Waals surface area contributed by atoms with Crippen molar-refractivity contribution in [2.24, 2.45) is 0 Å². The SMILES string of the molecule is CCNNc1cc(=O)oc2ccccc12. The smallest absolute Gasteiger partial charge is 0.338 e. The number of anilines is 1. The number of para-hydroxylation sites is 1. The monoisotopic (exact) mass is 204 g/mol. The Hall–Kier alpha value is -1.81. The highest BCUT2D eigenvalue weighted by atomic mass is 16.4. The molecule has 0 aliphatic heterocycles. The maximum Gasteiger partial charge on any atom is 0.338 e. The Balaban J connectivity index is 2.55. The van der Waals surface area contributed by atoms with Gasteiger partial charge in [-0.05, 0) is 12.1 Å². The summed E-state index contributed by atoms with van der Waals surface area (Å²) in [5, 5.41) is 0.887. The molecular formula is C11H12N2O2. The summed E-state index contributed by atoms with van der Waals surface area (Å²) in [5.74, 6) is 0. The highest BCUT2D eigenvalue weighted by molar-refractivity contribution is 5.89. The topological polar surface area (TPSA) is 54.3 Å². The first kappa shape index (κ1) is 9.73. The zero-order valence-corrected chi connectivity index (χ0v) is 8.41. The minimum Gasteiger partial charge on any atom is -0.423 e. The molecule has 4 nitrogen and oxygen atoms in total. The van der Waals surface area contributed by atoms with E-state index in [-0.39, 0.29) is 5.63 Å². The van der Waals surface area contributed by atoms with Gasteiger partial charge >= 0.3 is 5.63 Å². The highest BCUT2D eigenvalue weighted by Gasteiger charge is 2.03. The number of nitrogens with one attached hydrogen (secondary N) is 2. The van der Waals surface area contributed by atoms with E-state index in [4.69, 9.17) is 4.42 Å². The van der Waals surface area contributed by atoms with Crippen molar-refractivity contribution in [3.63, 3.8) is 0 Å². The Morgan fingerprint density at radius 3 is 2.93 bits per heavy atom. The van der Waals surface area contributed by atoms with E-state index in [2.05, 4.69) is 10.9 Å². The minimum atomic E-state index is -0.353. The van der Waals surface area contributed by atoms with E-state index < -0.39 is 0 Å². The molecule has 0 saturated carbocycles. The van der Waals surface area contributed by atoms with Gasteiger partial charge in [-0.2, -0.15) is 0 Å². The van der Waals surface area contributed by atoms with Crippen molar-refractivity contribution in [3.05, 3.63) is 40.8 Å². The summed E-state index contributed by atoms with van der Waals surface area (Å²) in [7, 11) is 0.